The predicted octanol–water partition coefficient (Wildman–Crippen LogP) is 2.56. The molecular weight excluding hydrogens is 226 g/mol. The van der Waals surface area contributed by atoms with Gasteiger partial charge in [-0.15, -0.1) is 0 Å². The van der Waals surface area contributed by atoms with Gasteiger partial charge in [-0.3, -0.25) is 4.98 Å². The van der Waals surface area contributed by atoms with Crippen molar-refractivity contribution in [3.05, 3.63) is 30.1 Å². The number of nitrogens with one attached hydrogen (secondary N) is 1. The third-order valence-corrected chi connectivity index (χ3v) is 3.31. The molecule has 4 heteroatoms. The molecule has 0 aliphatic carbocycles. The van der Waals surface area contributed by atoms with Crippen LogP contribution in [-0.4, -0.2) is 29.0 Å². The van der Waals surface area contributed by atoms with E-state index < -0.39 is 0 Å². The average Bonchev–Trinajstić information content (AvgIpc) is 2.37. The molecule has 0 atom stereocenters. The largest absolute Gasteiger partial charge is 0.334 e. The third kappa shape index (κ3) is 4.02. The summed E-state index contributed by atoms with van der Waals surface area (Å²) in [6, 6.07) is 3.92. The van der Waals surface area contributed by atoms with Crippen LogP contribution >= 0.6 is 0 Å². The van der Waals surface area contributed by atoms with Gasteiger partial charge in [-0.1, -0.05) is 25.3 Å². The highest BCUT2D eigenvalue weighted by Gasteiger charge is 2.13. The standard InChI is InChI=1S/C14H21N3O/c18-14(16-12-13-7-6-8-15-11-13)17-9-4-2-1-3-5-10-17/h6-8,11H,1-5,9-10,12H2,(H,16,18). The summed E-state index contributed by atoms with van der Waals surface area (Å²) in [5.41, 5.74) is 1.04. The van der Waals surface area contributed by atoms with Crippen LogP contribution in [0.4, 0.5) is 4.79 Å². The van der Waals surface area contributed by atoms with Crippen molar-refractivity contribution in [3.8, 4) is 0 Å². The normalized spacial score (nSPS) is 16.8. The molecule has 18 heavy (non-hydrogen) atoms. The number of hydrogen-bond acceptors (Lipinski definition) is 2. The molecule has 0 spiro atoms. The zero-order valence-corrected chi connectivity index (χ0v) is 10.8. The quantitative estimate of drug-likeness (QED) is 0.873. The van der Waals surface area contributed by atoms with Gasteiger partial charge in [0.2, 0.25) is 0 Å². The molecule has 1 N–H and O–H groups in total. The molecule has 98 valence electrons. The van der Waals surface area contributed by atoms with Crippen LogP contribution in [0.3, 0.4) is 0 Å². The minimum absolute atomic E-state index is 0.0563. The van der Waals surface area contributed by atoms with E-state index in [0.29, 0.717) is 6.54 Å². The highest BCUT2D eigenvalue weighted by molar-refractivity contribution is 5.74. The molecule has 4 nitrogen and oxygen atoms in total. The third-order valence-electron chi connectivity index (χ3n) is 3.31. The van der Waals surface area contributed by atoms with Crippen molar-refractivity contribution in [2.75, 3.05) is 13.1 Å². The lowest BCUT2D eigenvalue weighted by Gasteiger charge is -2.25. The molecule has 0 radical (unpaired) electrons. The fraction of sp³-hybridized carbons (Fsp3) is 0.571. The summed E-state index contributed by atoms with van der Waals surface area (Å²) in [5, 5.41) is 2.96. The van der Waals surface area contributed by atoms with Crippen LogP contribution in [0.1, 0.15) is 37.7 Å². The van der Waals surface area contributed by atoms with Gasteiger partial charge in [0, 0.05) is 32.0 Å². The molecule has 0 bridgehead atoms. The van der Waals surface area contributed by atoms with Crippen molar-refractivity contribution in [2.24, 2.45) is 0 Å². The Kier molecular flexibility index (Phi) is 5.00. The first kappa shape index (κ1) is 12.9. The monoisotopic (exact) mass is 247 g/mol. The number of aromatic nitrogens is 1. The molecule has 2 rings (SSSR count). The highest BCUT2D eigenvalue weighted by atomic mass is 16.2. The van der Waals surface area contributed by atoms with Crippen molar-refractivity contribution < 1.29 is 4.79 Å². The lowest BCUT2D eigenvalue weighted by molar-refractivity contribution is 0.192. The van der Waals surface area contributed by atoms with Crippen LogP contribution in [0.2, 0.25) is 0 Å². The summed E-state index contributed by atoms with van der Waals surface area (Å²) in [6.45, 7) is 2.33. The Balaban J connectivity index is 1.79. The second-order valence-corrected chi connectivity index (χ2v) is 4.77. The Bertz CT molecular complexity index is 359. The lowest BCUT2D eigenvalue weighted by Crippen LogP contribution is -2.41. The van der Waals surface area contributed by atoms with Crippen molar-refractivity contribution in [3.63, 3.8) is 0 Å². The maximum Gasteiger partial charge on any atom is 0.317 e. The molecule has 1 aliphatic rings. The van der Waals surface area contributed by atoms with E-state index in [1.54, 1.807) is 12.4 Å². The number of amides is 2. The summed E-state index contributed by atoms with van der Waals surface area (Å²) >= 11 is 0. The maximum absolute atomic E-state index is 12.0. The molecule has 2 amide bonds. The number of hydrogen-bond donors (Lipinski definition) is 1. The number of rotatable bonds is 2. The van der Waals surface area contributed by atoms with Crippen LogP contribution in [-0.2, 0) is 6.54 Å². The van der Waals surface area contributed by atoms with Crippen molar-refractivity contribution in [1.82, 2.24) is 15.2 Å². The molecule has 1 aromatic rings. The molecule has 0 aromatic carbocycles. The van der Waals surface area contributed by atoms with Crippen molar-refractivity contribution in [1.29, 1.82) is 0 Å². The summed E-state index contributed by atoms with van der Waals surface area (Å²) in [4.78, 5) is 18.0. The van der Waals surface area contributed by atoms with Crippen LogP contribution in [0.15, 0.2) is 24.5 Å². The average molecular weight is 247 g/mol. The topological polar surface area (TPSA) is 45.2 Å². The van der Waals surface area contributed by atoms with E-state index in [-0.39, 0.29) is 6.03 Å². The second-order valence-electron chi connectivity index (χ2n) is 4.77. The van der Waals surface area contributed by atoms with Gasteiger partial charge in [-0.25, -0.2) is 4.79 Å². The zero-order valence-electron chi connectivity index (χ0n) is 10.8. The number of pyridine rings is 1. The Morgan fingerprint density at radius 1 is 1.22 bits per heavy atom. The number of carbonyl (C=O) groups is 1. The molecule has 1 aromatic heterocycles. The number of nitrogens with zero attached hydrogens (tertiary/aromatic N) is 2. The minimum atomic E-state index is 0.0563. The molecule has 1 saturated heterocycles. The number of likely N-dealkylation sites (tertiary alicyclic amines) is 1. The minimum Gasteiger partial charge on any atom is -0.334 e. The Morgan fingerprint density at radius 3 is 2.61 bits per heavy atom. The first-order valence-electron chi connectivity index (χ1n) is 6.78. The van der Waals surface area contributed by atoms with Crippen LogP contribution in [0.5, 0.6) is 0 Å². The van der Waals surface area contributed by atoms with Gasteiger partial charge in [0.15, 0.2) is 0 Å². The smallest absolute Gasteiger partial charge is 0.317 e. The molecular formula is C14H21N3O. The highest BCUT2D eigenvalue weighted by Crippen LogP contribution is 2.10. The van der Waals surface area contributed by atoms with E-state index in [1.807, 2.05) is 17.0 Å². The molecule has 0 saturated carbocycles. The van der Waals surface area contributed by atoms with Gasteiger partial charge in [0.05, 0.1) is 0 Å². The molecule has 2 heterocycles. The van der Waals surface area contributed by atoms with Gasteiger partial charge < -0.3 is 10.2 Å². The van der Waals surface area contributed by atoms with Crippen molar-refractivity contribution >= 4 is 6.03 Å². The van der Waals surface area contributed by atoms with Gasteiger partial charge in [-0.2, -0.15) is 0 Å². The Morgan fingerprint density at radius 2 is 1.94 bits per heavy atom. The van der Waals surface area contributed by atoms with Gasteiger partial charge in [-0.05, 0) is 24.5 Å². The van der Waals surface area contributed by atoms with E-state index in [2.05, 4.69) is 10.3 Å². The molecule has 1 fully saturated rings. The zero-order chi connectivity index (χ0) is 12.6. The van der Waals surface area contributed by atoms with Crippen molar-refractivity contribution in [2.45, 2.75) is 38.6 Å². The fourth-order valence-electron chi connectivity index (χ4n) is 2.24. The maximum atomic E-state index is 12.0. The SMILES string of the molecule is O=C(NCc1cccnc1)N1CCCCCCC1. The first-order chi connectivity index (χ1) is 8.86. The fourth-order valence-corrected chi connectivity index (χ4v) is 2.24. The summed E-state index contributed by atoms with van der Waals surface area (Å²) in [6.07, 6.45) is 9.57. The van der Waals surface area contributed by atoms with E-state index >= 15 is 0 Å². The van der Waals surface area contributed by atoms with Crippen LogP contribution < -0.4 is 5.32 Å². The summed E-state index contributed by atoms with van der Waals surface area (Å²) < 4.78 is 0. The second kappa shape index (κ2) is 6.99. The van der Waals surface area contributed by atoms with Gasteiger partial charge in [0.1, 0.15) is 0 Å². The first-order valence-corrected chi connectivity index (χ1v) is 6.78. The lowest BCUT2D eigenvalue weighted by atomic mass is 10.1. The summed E-state index contributed by atoms with van der Waals surface area (Å²) in [7, 11) is 0. The Hall–Kier alpha value is -1.58. The Labute approximate surface area is 108 Å². The van der Waals surface area contributed by atoms with E-state index in [0.717, 1.165) is 31.5 Å². The van der Waals surface area contributed by atoms with Gasteiger partial charge in [0.25, 0.3) is 0 Å². The number of carbonyl (C=O) groups excluding carboxylic acids is 1. The molecule has 0 unspecified atom stereocenters. The van der Waals surface area contributed by atoms with E-state index in [1.165, 1.54) is 19.3 Å². The number of urea groups is 1. The summed E-state index contributed by atoms with van der Waals surface area (Å²) in [5.74, 6) is 0. The predicted molar refractivity (Wildman–Crippen MR) is 71.1 cm³/mol. The van der Waals surface area contributed by atoms with Crippen LogP contribution in [0.25, 0.3) is 0 Å². The van der Waals surface area contributed by atoms with Crippen LogP contribution in [0, 0.1) is 0 Å². The van der Waals surface area contributed by atoms with E-state index in [4.69, 9.17) is 0 Å². The van der Waals surface area contributed by atoms with E-state index in [9.17, 15) is 4.79 Å². The molecule has 1 aliphatic heterocycles. The van der Waals surface area contributed by atoms with Gasteiger partial charge >= 0.3 is 6.03 Å².